The van der Waals surface area contributed by atoms with Crippen molar-refractivity contribution in [2.24, 2.45) is 57.2 Å². The Labute approximate surface area is 341 Å². The van der Waals surface area contributed by atoms with E-state index in [1.165, 1.54) is 0 Å². The number of methoxy groups -OCH3 is 2. The molecule has 58 heavy (non-hydrogen) atoms. The van der Waals surface area contributed by atoms with Gasteiger partial charge in [0.05, 0.1) is 53.5 Å². The molecule has 5 rings (SSSR count). The SMILES string of the molecule is C=C1CCC2C3(C)CCCC2(C)C1COC(C(CC(=O)O)C(=O)OC)C(=O)OCC1(C)CCCC2(C)C(COC(C(CC(=O)O)C(=O)OC)C(=O)OC3)C(=C)CCC12. The molecule has 12 unspecified atom stereocenters. The molecule has 0 amide bonds. The van der Waals surface area contributed by atoms with Crippen molar-refractivity contribution < 1.29 is 67.4 Å². The van der Waals surface area contributed by atoms with Gasteiger partial charge < -0.3 is 38.6 Å². The fourth-order valence-electron chi connectivity index (χ4n) is 12.2. The summed E-state index contributed by atoms with van der Waals surface area (Å²) in [5, 5.41) is 19.7. The van der Waals surface area contributed by atoms with Crippen molar-refractivity contribution >= 4 is 35.8 Å². The lowest BCUT2D eigenvalue weighted by Crippen LogP contribution is -2.55. The Morgan fingerprint density at radius 3 is 1.36 bits per heavy atom. The fourth-order valence-corrected chi connectivity index (χ4v) is 12.2. The van der Waals surface area contributed by atoms with Crippen LogP contribution in [0.15, 0.2) is 24.3 Å². The summed E-state index contributed by atoms with van der Waals surface area (Å²) in [5.41, 5.74) is -0.282. The van der Waals surface area contributed by atoms with E-state index in [1.54, 1.807) is 0 Å². The van der Waals surface area contributed by atoms with Gasteiger partial charge in [-0.25, -0.2) is 9.59 Å². The molecule has 0 spiro atoms. The minimum absolute atomic E-state index is 0.0285. The summed E-state index contributed by atoms with van der Waals surface area (Å²) in [5.74, 6) is -9.67. The van der Waals surface area contributed by atoms with Gasteiger partial charge in [-0.15, -0.1) is 0 Å². The van der Waals surface area contributed by atoms with E-state index in [0.717, 1.165) is 63.9 Å². The number of hydrogen-bond acceptors (Lipinski definition) is 12. The van der Waals surface area contributed by atoms with Gasteiger partial charge in [0.15, 0.2) is 12.2 Å². The Kier molecular flexibility index (Phi) is 13.9. The van der Waals surface area contributed by atoms with Gasteiger partial charge in [-0.3, -0.25) is 19.2 Å². The topological polar surface area (TPSA) is 198 Å². The molecule has 4 aliphatic carbocycles. The van der Waals surface area contributed by atoms with Crippen LogP contribution in [0.1, 0.15) is 105 Å². The van der Waals surface area contributed by atoms with E-state index in [-0.39, 0.29) is 50.1 Å². The number of aliphatic carboxylic acids is 2. The first-order valence-electron chi connectivity index (χ1n) is 20.8. The molecule has 1 saturated heterocycles. The van der Waals surface area contributed by atoms with Crippen molar-refractivity contribution in [3.05, 3.63) is 24.3 Å². The molecule has 14 nitrogen and oxygen atoms in total. The van der Waals surface area contributed by atoms with Crippen LogP contribution in [-0.4, -0.2) is 98.9 Å². The normalized spacial score (nSPS) is 38.5. The first-order valence-corrected chi connectivity index (χ1v) is 20.8. The lowest BCUT2D eigenvalue weighted by Gasteiger charge is -2.58. The fraction of sp³-hybridized carbons (Fsp3) is 0.773. The maximum Gasteiger partial charge on any atom is 0.336 e. The lowest BCUT2D eigenvalue weighted by molar-refractivity contribution is -0.189. The van der Waals surface area contributed by atoms with Gasteiger partial charge >= 0.3 is 35.8 Å². The summed E-state index contributed by atoms with van der Waals surface area (Å²) < 4.78 is 35.2. The third-order valence-corrected chi connectivity index (χ3v) is 15.3. The van der Waals surface area contributed by atoms with Crippen LogP contribution in [0, 0.1) is 57.2 Å². The highest BCUT2D eigenvalue weighted by molar-refractivity contribution is 5.88. The minimum atomic E-state index is -1.56. The molecule has 12 atom stereocenters. The number of esters is 4. The molecule has 324 valence electrons. The molecule has 5 aliphatic rings. The second kappa shape index (κ2) is 17.8. The van der Waals surface area contributed by atoms with Crippen LogP contribution in [0.3, 0.4) is 0 Å². The van der Waals surface area contributed by atoms with Gasteiger partial charge in [0.25, 0.3) is 0 Å². The van der Waals surface area contributed by atoms with Gasteiger partial charge in [-0.1, -0.05) is 64.8 Å². The maximum absolute atomic E-state index is 14.3. The Morgan fingerprint density at radius 2 is 1.03 bits per heavy atom. The third kappa shape index (κ3) is 8.88. The van der Waals surface area contributed by atoms with Crippen LogP contribution in [0.4, 0.5) is 0 Å². The Morgan fingerprint density at radius 1 is 0.672 bits per heavy atom. The summed E-state index contributed by atoms with van der Waals surface area (Å²) in [7, 11) is 2.29. The zero-order chi connectivity index (χ0) is 42.8. The summed E-state index contributed by atoms with van der Waals surface area (Å²) in [6.45, 7) is 17.0. The van der Waals surface area contributed by atoms with Gasteiger partial charge in [-0.05, 0) is 74.0 Å². The van der Waals surface area contributed by atoms with Crippen LogP contribution >= 0.6 is 0 Å². The van der Waals surface area contributed by atoms with E-state index >= 15 is 0 Å². The van der Waals surface area contributed by atoms with Crippen LogP contribution in [-0.2, 0) is 57.2 Å². The van der Waals surface area contributed by atoms with Crippen molar-refractivity contribution in [1.82, 2.24) is 0 Å². The van der Waals surface area contributed by atoms with Crippen molar-refractivity contribution in [3.63, 3.8) is 0 Å². The number of rotatable bonds is 8. The van der Waals surface area contributed by atoms with E-state index < -0.39 is 94.4 Å². The molecule has 8 bridgehead atoms. The van der Waals surface area contributed by atoms with Crippen molar-refractivity contribution in [2.45, 2.75) is 117 Å². The van der Waals surface area contributed by atoms with Gasteiger partial charge in [0, 0.05) is 22.7 Å². The molecular weight excluding hydrogens is 752 g/mol. The van der Waals surface area contributed by atoms with E-state index in [4.69, 9.17) is 28.4 Å². The van der Waals surface area contributed by atoms with Crippen LogP contribution in [0.5, 0.6) is 0 Å². The molecule has 14 heteroatoms. The quantitative estimate of drug-likeness (QED) is 0.166. The molecule has 0 radical (unpaired) electrons. The molecule has 1 aliphatic heterocycles. The molecule has 0 aromatic heterocycles. The minimum Gasteiger partial charge on any atom is -0.481 e. The number of carbonyl (C=O) groups excluding carboxylic acids is 4. The second-order valence-corrected chi connectivity index (χ2v) is 18.8. The van der Waals surface area contributed by atoms with E-state index in [0.29, 0.717) is 25.7 Å². The number of ether oxygens (including phenoxy) is 6. The average Bonchev–Trinajstić information content (AvgIpc) is 3.15. The van der Waals surface area contributed by atoms with Crippen LogP contribution in [0.2, 0.25) is 0 Å². The van der Waals surface area contributed by atoms with Crippen molar-refractivity contribution in [2.75, 3.05) is 40.6 Å². The van der Waals surface area contributed by atoms with Gasteiger partial charge in [0.1, 0.15) is 11.8 Å². The lowest BCUT2D eigenvalue weighted by atomic mass is 9.47. The van der Waals surface area contributed by atoms with E-state index in [1.807, 2.05) is 0 Å². The smallest absolute Gasteiger partial charge is 0.336 e. The predicted octanol–water partition coefficient (Wildman–Crippen LogP) is 5.94. The van der Waals surface area contributed by atoms with Crippen molar-refractivity contribution in [1.29, 1.82) is 0 Å². The highest BCUT2D eigenvalue weighted by atomic mass is 16.6. The van der Waals surface area contributed by atoms with E-state index in [9.17, 15) is 39.0 Å². The average molecular weight is 817 g/mol. The first-order chi connectivity index (χ1) is 27.2. The monoisotopic (exact) mass is 816 g/mol. The summed E-state index contributed by atoms with van der Waals surface area (Å²) >= 11 is 0. The van der Waals surface area contributed by atoms with Gasteiger partial charge in [-0.2, -0.15) is 0 Å². The van der Waals surface area contributed by atoms with E-state index in [2.05, 4.69) is 40.9 Å². The molecule has 5 fully saturated rings. The molecule has 2 N–H and O–H groups in total. The predicted molar refractivity (Wildman–Crippen MR) is 208 cm³/mol. The molecule has 4 saturated carbocycles. The molecule has 0 aromatic rings. The first kappa shape index (κ1) is 45.3. The number of carboxylic acid groups (broad SMARTS) is 2. The summed E-state index contributed by atoms with van der Waals surface area (Å²) in [4.78, 5) is 79.1. The summed E-state index contributed by atoms with van der Waals surface area (Å²) in [6, 6.07) is 0. The summed E-state index contributed by atoms with van der Waals surface area (Å²) in [6.07, 6.45) is 2.61. The van der Waals surface area contributed by atoms with Gasteiger partial charge in [0.2, 0.25) is 0 Å². The number of carboxylic acids is 2. The van der Waals surface area contributed by atoms with Crippen LogP contribution < -0.4 is 0 Å². The Balaban J connectivity index is 1.60. The molecule has 1 heterocycles. The maximum atomic E-state index is 14.3. The zero-order valence-corrected chi connectivity index (χ0v) is 35.1. The van der Waals surface area contributed by atoms with Crippen molar-refractivity contribution in [3.8, 4) is 0 Å². The molecule has 0 aromatic carbocycles. The Hall–Kier alpha value is -3.78. The second-order valence-electron chi connectivity index (χ2n) is 18.8. The third-order valence-electron chi connectivity index (χ3n) is 15.3. The Bertz CT molecular complexity index is 1520. The number of carbonyl (C=O) groups is 6. The zero-order valence-electron chi connectivity index (χ0n) is 35.1. The van der Waals surface area contributed by atoms with Crippen LogP contribution in [0.25, 0.3) is 0 Å². The number of cyclic esters (lactones) is 2. The highest BCUT2D eigenvalue weighted by Crippen LogP contribution is 2.63. The standard InChI is InChI=1S/C44H64O14/c1-25-11-13-31-41(3)15-9-17-43(31,5)29(25)21-55-35(27(19-33(45)46)37(49)53-7)39(51)58-24-42(4)16-10-18-44(6)30(26(2)12-14-32(42)44)22-56-36(40(52)57-23-41)28(20-34(47)48)38(50)54-8/h27-32,35-36H,1-2,9-24H2,3-8H3,(H,45,46)(H,47,48). The highest BCUT2D eigenvalue weighted by Gasteiger charge is 2.58. The largest absolute Gasteiger partial charge is 0.481 e. The number of hydrogen-bond donors (Lipinski definition) is 2. The molecular formula is C44H64O14.